The minimum atomic E-state index is 0.475. The number of benzene rings is 6. The van der Waals surface area contributed by atoms with Crippen molar-refractivity contribution < 1.29 is 9.15 Å². The molecule has 7 aromatic rings. The Bertz CT molecular complexity index is 2620. The predicted molar refractivity (Wildman–Crippen MR) is 237 cm³/mol. The molecule has 8 rings (SSSR count). The fourth-order valence-corrected chi connectivity index (χ4v) is 6.79. The van der Waals surface area contributed by atoms with E-state index in [9.17, 15) is 0 Å². The van der Waals surface area contributed by atoms with E-state index in [1.54, 1.807) is 12.2 Å². The Balaban J connectivity index is 0.000000189. The van der Waals surface area contributed by atoms with Gasteiger partial charge in [-0.05, 0) is 81.3 Å². The normalized spacial score (nSPS) is 13.0. The van der Waals surface area contributed by atoms with E-state index in [0.29, 0.717) is 12.3 Å². The monoisotopic (exact) mass is 726 g/mol. The summed E-state index contributed by atoms with van der Waals surface area (Å²) in [6, 6.07) is 51.7. The van der Waals surface area contributed by atoms with Gasteiger partial charge in [0, 0.05) is 28.3 Å². The van der Waals surface area contributed by atoms with Crippen molar-refractivity contribution in [3.63, 3.8) is 0 Å². The fourth-order valence-electron chi connectivity index (χ4n) is 6.79. The second-order valence-electron chi connectivity index (χ2n) is 13.3. The van der Waals surface area contributed by atoms with Crippen LogP contribution >= 0.6 is 0 Å². The molecule has 0 unspecified atom stereocenters. The minimum Gasteiger partial charge on any atom is -0.488 e. The van der Waals surface area contributed by atoms with Gasteiger partial charge in [-0.2, -0.15) is 0 Å². The molecule has 2 N–H and O–H groups in total. The molecule has 1 aliphatic rings. The Morgan fingerprint density at radius 1 is 0.661 bits per heavy atom. The highest BCUT2D eigenvalue weighted by Crippen LogP contribution is 2.38. The lowest BCUT2D eigenvalue weighted by atomic mass is 9.95. The van der Waals surface area contributed by atoms with E-state index in [-0.39, 0.29) is 0 Å². The van der Waals surface area contributed by atoms with Gasteiger partial charge in [-0.3, -0.25) is 5.41 Å². The first-order valence-electron chi connectivity index (χ1n) is 18.5. The molecule has 0 spiro atoms. The molecular weight excluding hydrogens is 685 g/mol. The van der Waals surface area contributed by atoms with Crippen molar-refractivity contribution in [3.05, 3.63) is 217 Å². The van der Waals surface area contributed by atoms with Gasteiger partial charge in [-0.15, -0.1) is 0 Å². The first-order chi connectivity index (χ1) is 27.5. The lowest BCUT2D eigenvalue weighted by molar-refractivity contribution is 0.388. The van der Waals surface area contributed by atoms with Crippen molar-refractivity contribution in [1.29, 1.82) is 10.8 Å². The summed E-state index contributed by atoms with van der Waals surface area (Å²) in [5.74, 6) is 1.61. The van der Waals surface area contributed by atoms with E-state index in [1.165, 1.54) is 28.5 Å². The molecule has 56 heavy (non-hydrogen) atoms. The Labute approximate surface area is 328 Å². The van der Waals surface area contributed by atoms with E-state index in [2.05, 4.69) is 98.1 Å². The van der Waals surface area contributed by atoms with Crippen LogP contribution in [0, 0.1) is 10.8 Å². The topological polar surface area (TPSA) is 70.1 Å². The van der Waals surface area contributed by atoms with Gasteiger partial charge in [-0.25, -0.2) is 0 Å². The van der Waals surface area contributed by atoms with Crippen LogP contribution in [0.25, 0.3) is 62.1 Å². The Morgan fingerprint density at radius 2 is 1.21 bits per heavy atom. The standard InChI is InChI=1S/C32H25NO.C20H17NO/c1-2-3-7-29(21-33)31-22-34-32-19-18-28(20-30(31)32)27-16-14-26(15-17-27)25-12-10-24(11-13-25)23-8-5-4-6-9-23;1-3-16-17-11-7-8-12-18(17)22-19(16)13-14(2)20(21)15-9-5-4-6-10-15/h2-21,33H,1,22H2;3-13,21H,1H2,2H3/b7-3-,31-29-,33-21?;14-13+,21-20?. The third-order valence-corrected chi connectivity index (χ3v) is 9.81. The van der Waals surface area contributed by atoms with Crippen molar-refractivity contribution >= 4 is 40.6 Å². The number of hydrogen-bond acceptors (Lipinski definition) is 4. The number of rotatable bonds is 10. The number of fused-ring (bicyclic) bond motifs is 2. The second kappa shape index (κ2) is 17.2. The van der Waals surface area contributed by atoms with Crippen LogP contribution in [-0.2, 0) is 0 Å². The highest BCUT2D eigenvalue weighted by atomic mass is 16.5. The largest absolute Gasteiger partial charge is 0.488 e. The summed E-state index contributed by atoms with van der Waals surface area (Å²) >= 11 is 0. The zero-order chi connectivity index (χ0) is 38.9. The molecule has 0 saturated carbocycles. The van der Waals surface area contributed by atoms with Crippen molar-refractivity contribution in [3.8, 4) is 39.1 Å². The average Bonchev–Trinajstić information content (AvgIpc) is 3.85. The van der Waals surface area contributed by atoms with Gasteiger partial charge in [0.2, 0.25) is 0 Å². The second-order valence-corrected chi connectivity index (χ2v) is 13.3. The molecule has 0 atom stereocenters. The van der Waals surface area contributed by atoms with Crippen LogP contribution in [0.4, 0.5) is 0 Å². The van der Waals surface area contributed by atoms with Gasteiger partial charge in [0.15, 0.2) is 0 Å². The molecule has 6 aromatic carbocycles. The maximum absolute atomic E-state index is 8.31. The van der Waals surface area contributed by atoms with Crippen LogP contribution in [0.15, 0.2) is 199 Å². The Morgan fingerprint density at radius 3 is 1.82 bits per heavy atom. The third kappa shape index (κ3) is 8.10. The SMILES string of the molecule is C=C/C=C\C(C=N)=C1/COc2ccc(-c3ccc(-c4ccc(-c5ccccc5)cc4)cc3)cc21.C=Cc1c(/C=C(\C)C(=N)c2ccccc2)oc2ccccc12. The summed E-state index contributed by atoms with van der Waals surface area (Å²) in [6.07, 6.45) is 10.5. The van der Waals surface area contributed by atoms with E-state index in [4.69, 9.17) is 20.0 Å². The molecule has 2 heterocycles. The molecule has 0 radical (unpaired) electrons. The maximum atomic E-state index is 8.31. The summed E-state index contributed by atoms with van der Waals surface area (Å²) in [4.78, 5) is 0. The molecule has 1 aliphatic heterocycles. The fraction of sp³-hybridized carbons (Fsp3) is 0.0385. The molecule has 0 amide bonds. The Kier molecular flexibility index (Phi) is 11.4. The van der Waals surface area contributed by atoms with Gasteiger partial charge in [0.1, 0.15) is 23.7 Å². The van der Waals surface area contributed by atoms with Gasteiger partial charge in [-0.1, -0.05) is 171 Å². The summed E-state index contributed by atoms with van der Waals surface area (Å²) < 4.78 is 11.8. The average molecular weight is 727 g/mol. The zero-order valence-corrected chi connectivity index (χ0v) is 31.3. The molecule has 4 nitrogen and oxygen atoms in total. The molecule has 0 saturated heterocycles. The first-order valence-corrected chi connectivity index (χ1v) is 18.5. The number of ether oxygens (including phenoxy) is 1. The van der Waals surface area contributed by atoms with Crippen LogP contribution < -0.4 is 4.74 Å². The third-order valence-electron chi connectivity index (χ3n) is 9.81. The van der Waals surface area contributed by atoms with E-state index in [0.717, 1.165) is 67.0 Å². The zero-order valence-electron chi connectivity index (χ0n) is 31.3. The van der Waals surface area contributed by atoms with Crippen molar-refractivity contribution in [2.75, 3.05) is 6.61 Å². The van der Waals surface area contributed by atoms with Gasteiger partial charge < -0.3 is 14.6 Å². The van der Waals surface area contributed by atoms with E-state index in [1.807, 2.05) is 91.9 Å². The molecule has 1 aromatic heterocycles. The summed E-state index contributed by atoms with van der Waals surface area (Å²) in [6.45, 7) is 10.0. The highest BCUT2D eigenvalue weighted by Gasteiger charge is 2.21. The summed E-state index contributed by atoms with van der Waals surface area (Å²) in [7, 11) is 0. The van der Waals surface area contributed by atoms with Gasteiger partial charge in [0.05, 0.1) is 5.71 Å². The molecule has 0 aliphatic carbocycles. The molecular formula is C52H42N2O2. The van der Waals surface area contributed by atoms with Crippen LogP contribution in [0.5, 0.6) is 5.75 Å². The molecule has 4 heteroatoms. The number of furan rings is 1. The number of nitrogens with one attached hydrogen (secondary N) is 2. The number of allylic oxidation sites excluding steroid dienone is 5. The highest BCUT2D eigenvalue weighted by molar-refractivity contribution is 6.13. The molecule has 0 bridgehead atoms. The van der Waals surface area contributed by atoms with E-state index < -0.39 is 0 Å². The summed E-state index contributed by atoms with van der Waals surface area (Å²) in [5.41, 5.74) is 14.1. The van der Waals surface area contributed by atoms with Crippen LogP contribution in [0.1, 0.15) is 29.4 Å². The smallest absolute Gasteiger partial charge is 0.135 e. The van der Waals surface area contributed by atoms with Crippen LogP contribution in [-0.4, -0.2) is 18.5 Å². The van der Waals surface area contributed by atoms with Crippen molar-refractivity contribution in [2.24, 2.45) is 0 Å². The first kappa shape index (κ1) is 37.0. The van der Waals surface area contributed by atoms with Gasteiger partial charge >= 0.3 is 0 Å². The molecule has 0 fully saturated rings. The molecule has 272 valence electrons. The number of para-hydroxylation sites is 1. The quantitative estimate of drug-likeness (QED) is 0.109. The van der Waals surface area contributed by atoms with Crippen molar-refractivity contribution in [1.82, 2.24) is 0 Å². The van der Waals surface area contributed by atoms with Crippen molar-refractivity contribution in [2.45, 2.75) is 6.92 Å². The van der Waals surface area contributed by atoms with E-state index >= 15 is 0 Å². The minimum absolute atomic E-state index is 0.475. The van der Waals surface area contributed by atoms with Crippen LogP contribution in [0.3, 0.4) is 0 Å². The van der Waals surface area contributed by atoms with Crippen LogP contribution in [0.2, 0.25) is 0 Å². The van der Waals surface area contributed by atoms with Gasteiger partial charge in [0.25, 0.3) is 0 Å². The lowest BCUT2D eigenvalue weighted by Crippen LogP contribution is -2.00. The lowest BCUT2D eigenvalue weighted by Gasteiger charge is -2.08. The maximum Gasteiger partial charge on any atom is 0.135 e. The Hall–Kier alpha value is -7.30. The predicted octanol–water partition coefficient (Wildman–Crippen LogP) is 13.8. The number of hydrogen-bond donors (Lipinski definition) is 2. The summed E-state index contributed by atoms with van der Waals surface area (Å²) in [5, 5.41) is 17.2.